The van der Waals surface area contributed by atoms with Gasteiger partial charge in [-0.1, -0.05) is 49.7 Å². The minimum Gasteiger partial charge on any atom is -0.333 e. The first-order valence-electron chi connectivity index (χ1n) is 6.85. The number of imidazole rings is 1. The molecule has 0 bridgehead atoms. The van der Waals surface area contributed by atoms with Crippen LogP contribution in [-0.4, -0.2) is 21.6 Å². The van der Waals surface area contributed by atoms with Crippen LogP contribution in [0.15, 0.2) is 50.5 Å². The van der Waals surface area contributed by atoms with Crippen molar-refractivity contribution in [3.63, 3.8) is 0 Å². The number of amides is 1. The monoisotopic (exact) mass is 453 g/mol. The molecule has 7 heteroatoms. The van der Waals surface area contributed by atoms with Crippen LogP contribution in [0.5, 0.6) is 0 Å². The summed E-state index contributed by atoms with van der Waals surface area (Å²) in [6.07, 6.45) is 0. The van der Waals surface area contributed by atoms with E-state index in [1.54, 1.807) is 0 Å². The molecule has 23 heavy (non-hydrogen) atoms. The molecule has 0 unspecified atom stereocenters. The third-order valence-corrected chi connectivity index (χ3v) is 5.44. The second-order valence-corrected chi connectivity index (χ2v) is 7.74. The van der Waals surface area contributed by atoms with Crippen molar-refractivity contribution < 1.29 is 4.79 Å². The number of nitrogens with one attached hydrogen (secondary N) is 2. The largest absolute Gasteiger partial charge is 0.333 e. The molecule has 0 radical (unpaired) electrons. The lowest BCUT2D eigenvalue weighted by Crippen LogP contribution is -2.14. The summed E-state index contributed by atoms with van der Waals surface area (Å²) in [5.41, 5.74) is 3.75. The Hall–Kier alpha value is -1.31. The topological polar surface area (TPSA) is 57.8 Å². The number of fused-ring (bicyclic) bond motifs is 1. The highest BCUT2D eigenvalue weighted by atomic mass is 79.9. The van der Waals surface area contributed by atoms with E-state index < -0.39 is 0 Å². The van der Waals surface area contributed by atoms with Gasteiger partial charge in [-0.2, -0.15) is 0 Å². The molecule has 0 aliphatic carbocycles. The van der Waals surface area contributed by atoms with Crippen LogP contribution < -0.4 is 5.32 Å². The van der Waals surface area contributed by atoms with Crippen molar-refractivity contribution in [2.24, 2.45) is 0 Å². The summed E-state index contributed by atoms with van der Waals surface area (Å²) in [7, 11) is 0. The normalized spacial score (nSPS) is 10.9. The fraction of sp³-hybridized carbons (Fsp3) is 0.125. The fourth-order valence-electron chi connectivity index (χ4n) is 2.03. The van der Waals surface area contributed by atoms with Gasteiger partial charge in [-0.15, -0.1) is 0 Å². The van der Waals surface area contributed by atoms with Gasteiger partial charge in [0.2, 0.25) is 5.91 Å². The number of anilines is 1. The van der Waals surface area contributed by atoms with Crippen molar-refractivity contribution in [2.75, 3.05) is 11.1 Å². The quantitative estimate of drug-likeness (QED) is 0.537. The van der Waals surface area contributed by atoms with Gasteiger partial charge in [0.15, 0.2) is 5.16 Å². The Kier molecular flexibility index (Phi) is 5.08. The number of carbonyl (C=O) groups is 1. The van der Waals surface area contributed by atoms with E-state index in [1.165, 1.54) is 11.8 Å². The van der Waals surface area contributed by atoms with Crippen LogP contribution in [0.25, 0.3) is 11.0 Å². The van der Waals surface area contributed by atoms with Crippen LogP contribution in [0.1, 0.15) is 5.56 Å². The van der Waals surface area contributed by atoms with Crippen molar-refractivity contribution >= 4 is 66.2 Å². The Bertz CT molecular complexity index is 879. The number of carbonyl (C=O) groups excluding carboxylic acids is 1. The molecule has 0 aliphatic heterocycles. The zero-order valence-corrected chi connectivity index (χ0v) is 16.2. The van der Waals surface area contributed by atoms with E-state index in [0.717, 1.165) is 36.4 Å². The number of thioether (sulfide) groups is 1. The van der Waals surface area contributed by atoms with Crippen molar-refractivity contribution in [1.82, 2.24) is 9.97 Å². The Morgan fingerprint density at radius 1 is 1.26 bits per heavy atom. The predicted molar refractivity (Wildman–Crippen MR) is 102 cm³/mol. The molecular weight excluding hydrogens is 442 g/mol. The van der Waals surface area contributed by atoms with Crippen molar-refractivity contribution in [3.8, 4) is 0 Å². The van der Waals surface area contributed by atoms with E-state index in [0.29, 0.717) is 5.75 Å². The molecule has 4 nitrogen and oxygen atoms in total. The van der Waals surface area contributed by atoms with Crippen molar-refractivity contribution in [1.29, 1.82) is 0 Å². The maximum atomic E-state index is 12.1. The smallest absolute Gasteiger partial charge is 0.234 e. The van der Waals surface area contributed by atoms with Gasteiger partial charge in [-0.25, -0.2) is 4.98 Å². The first kappa shape index (κ1) is 16.5. The van der Waals surface area contributed by atoms with Gasteiger partial charge < -0.3 is 10.3 Å². The average Bonchev–Trinajstić information content (AvgIpc) is 2.91. The van der Waals surface area contributed by atoms with E-state index in [4.69, 9.17) is 0 Å². The van der Waals surface area contributed by atoms with Crippen LogP contribution in [-0.2, 0) is 4.79 Å². The second-order valence-electron chi connectivity index (χ2n) is 5.00. The van der Waals surface area contributed by atoms with Gasteiger partial charge in [0.1, 0.15) is 0 Å². The van der Waals surface area contributed by atoms with E-state index >= 15 is 0 Å². The zero-order chi connectivity index (χ0) is 16.4. The van der Waals surface area contributed by atoms with Crippen LogP contribution in [0, 0.1) is 6.92 Å². The van der Waals surface area contributed by atoms with Crippen molar-refractivity contribution in [2.45, 2.75) is 12.1 Å². The molecule has 1 amide bonds. The molecule has 1 heterocycles. The number of rotatable bonds is 4. The van der Waals surface area contributed by atoms with Crippen LogP contribution in [0.3, 0.4) is 0 Å². The van der Waals surface area contributed by atoms with Crippen LogP contribution in [0.2, 0.25) is 0 Å². The summed E-state index contributed by atoms with van der Waals surface area (Å²) >= 11 is 8.27. The predicted octanol–water partition coefficient (Wildman–Crippen LogP) is 5.13. The summed E-state index contributed by atoms with van der Waals surface area (Å²) in [5, 5.41) is 3.62. The number of H-pyrrole nitrogens is 1. The highest BCUT2D eigenvalue weighted by molar-refractivity contribution is 9.10. The molecule has 0 fully saturated rings. The number of hydrogen-bond donors (Lipinski definition) is 2. The highest BCUT2D eigenvalue weighted by Gasteiger charge is 2.08. The van der Waals surface area contributed by atoms with Crippen LogP contribution >= 0.6 is 43.6 Å². The molecule has 0 spiro atoms. The number of aromatic amines is 1. The molecular formula is C16H13Br2N3OS. The first-order chi connectivity index (χ1) is 11.0. The Morgan fingerprint density at radius 3 is 2.87 bits per heavy atom. The molecule has 2 N–H and O–H groups in total. The van der Waals surface area contributed by atoms with E-state index in [1.807, 2.05) is 43.3 Å². The summed E-state index contributed by atoms with van der Waals surface area (Å²) in [6, 6.07) is 11.6. The minimum absolute atomic E-state index is 0.0626. The maximum Gasteiger partial charge on any atom is 0.234 e. The molecule has 0 atom stereocenters. The molecule has 0 saturated carbocycles. The lowest BCUT2D eigenvalue weighted by Gasteiger charge is -2.06. The SMILES string of the molecule is Cc1ccc(NC(=O)CSc2nc3ccc(Br)cc3[nH]2)cc1Br. The standard InChI is InChI=1S/C16H13Br2N3OS/c1-9-2-4-11(7-12(9)18)19-15(22)8-23-16-20-13-5-3-10(17)6-14(13)21-16/h2-7H,8H2,1H3,(H,19,22)(H,20,21). The van der Waals surface area contributed by atoms with Crippen molar-refractivity contribution in [3.05, 3.63) is 50.9 Å². The Labute approximate surface area is 154 Å². The molecule has 118 valence electrons. The Balaban J connectivity index is 1.62. The maximum absolute atomic E-state index is 12.1. The van der Waals surface area contributed by atoms with Gasteiger partial charge in [0, 0.05) is 14.6 Å². The molecule has 3 aromatic rings. The minimum atomic E-state index is -0.0626. The number of benzene rings is 2. The molecule has 3 rings (SSSR count). The summed E-state index contributed by atoms with van der Waals surface area (Å²) < 4.78 is 1.97. The van der Waals surface area contributed by atoms with Gasteiger partial charge >= 0.3 is 0 Å². The highest BCUT2D eigenvalue weighted by Crippen LogP contribution is 2.23. The van der Waals surface area contributed by atoms with Gasteiger partial charge in [0.05, 0.1) is 16.8 Å². The average molecular weight is 455 g/mol. The summed E-state index contributed by atoms with van der Waals surface area (Å²) in [5.74, 6) is 0.236. The lowest BCUT2D eigenvalue weighted by molar-refractivity contribution is -0.113. The van der Waals surface area contributed by atoms with Gasteiger partial charge in [0.25, 0.3) is 0 Å². The lowest BCUT2D eigenvalue weighted by atomic mass is 10.2. The number of hydrogen-bond acceptors (Lipinski definition) is 3. The Morgan fingerprint density at radius 2 is 2.09 bits per heavy atom. The molecule has 0 saturated heterocycles. The molecule has 0 aliphatic rings. The third-order valence-electron chi connectivity index (χ3n) is 3.22. The zero-order valence-electron chi connectivity index (χ0n) is 12.2. The second kappa shape index (κ2) is 7.07. The number of nitrogens with zero attached hydrogens (tertiary/aromatic N) is 1. The first-order valence-corrected chi connectivity index (χ1v) is 9.42. The van der Waals surface area contributed by atoms with E-state index in [2.05, 4.69) is 47.1 Å². The fourth-order valence-corrected chi connectivity index (χ4v) is 3.45. The summed E-state index contributed by atoms with van der Waals surface area (Å²) in [4.78, 5) is 19.7. The molecule has 2 aromatic carbocycles. The molecule has 1 aromatic heterocycles. The van der Waals surface area contributed by atoms with Gasteiger partial charge in [-0.3, -0.25) is 4.79 Å². The number of aryl methyl sites for hydroxylation is 1. The number of aromatic nitrogens is 2. The van der Waals surface area contributed by atoms with E-state index in [9.17, 15) is 4.79 Å². The van der Waals surface area contributed by atoms with Gasteiger partial charge in [-0.05, 0) is 42.8 Å². The van der Waals surface area contributed by atoms with Crippen LogP contribution in [0.4, 0.5) is 5.69 Å². The number of halogens is 2. The third kappa shape index (κ3) is 4.16. The van der Waals surface area contributed by atoms with E-state index in [-0.39, 0.29) is 5.91 Å². The summed E-state index contributed by atoms with van der Waals surface area (Å²) in [6.45, 7) is 2.01.